The van der Waals surface area contributed by atoms with Crippen LogP contribution in [0.4, 0.5) is 5.69 Å². The zero-order valence-corrected chi connectivity index (χ0v) is 11.4. The van der Waals surface area contributed by atoms with Crippen molar-refractivity contribution in [1.29, 1.82) is 0 Å². The minimum atomic E-state index is 0.179. The van der Waals surface area contributed by atoms with Gasteiger partial charge in [0, 0.05) is 37.9 Å². The first-order chi connectivity index (χ1) is 9.25. The number of nitrogens with zero attached hydrogens (tertiary/aromatic N) is 1. The van der Waals surface area contributed by atoms with Gasteiger partial charge in [-0.05, 0) is 25.0 Å². The summed E-state index contributed by atoms with van der Waals surface area (Å²) in [5, 5.41) is 6.20. The van der Waals surface area contributed by atoms with Crippen LogP contribution in [0, 0.1) is 5.92 Å². The molecule has 1 aromatic carbocycles. The first kappa shape index (κ1) is 12.5. The molecule has 2 aliphatic heterocycles. The number of carbonyl (C=O) groups is 1. The van der Waals surface area contributed by atoms with Gasteiger partial charge in [0.05, 0.1) is 5.92 Å². The Balaban J connectivity index is 1.56. The zero-order chi connectivity index (χ0) is 13.2. The molecule has 1 saturated heterocycles. The van der Waals surface area contributed by atoms with Crippen LogP contribution in [0.5, 0.6) is 0 Å². The third kappa shape index (κ3) is 2.45. The minimum Gasteiger partial charge on any atom is -0.366 e. The molecule has 0 saturated carbocycles. The summed E-state index contributed by atoms with van der Waals surface area (Å²) in [5.41, 5.74) is 2.75. The molecule has 0 aliphatic carbocycles. The number of rotatable bonds is 4. The van der Waals surface area contributed by atoms with E-state index >= 15 is 0 Å². The van der Waals surface area contributed by atoms with Gasteiger partial charge in [-0.1, -0.05) is 18.2 Å². The molecule has 3 rings (SSSR count). The van der Waals surface area contributed by atoms with Gasteiger partial charge in [0.1, 0.15) is 0 Å². The first-order valence-electron chi connectivity index (χ1n) is 7.08. The maximum Gasteiger partial charge on any atom is 0.225 e. The molecule has 1 unspecified atom stereocenters. The molecule has 2 aliphatic rings. The maximum absolute atomic E-state index is 11.8. The van der Waals surface area contributed by atoms with Crippen molar-refractivity contribution in [1.82, 2.24) is 10.6 Å². The highest BCUT2D eigenvalue weighted by Crippen LogP contribution is 2.28. The highest BCUT2D eigenvalue weighted by atomic mass is 16.2. The van der Waals surface area contributed by atoms with E-state index in [0.717, 1.165) is 32.6 Å². The Hall–Kier alpha value is -1.55. The lowest BCUT2D eigenvalue weighted by Crippen LogP contribution is -2.52. The van der Waals surface area contributed by atoms with Crippen molar-refractivity contribution in [2.45, 2.75) is 19.4 Å². The zero-order valence-electron chi connectivity index (χ0n) is 11.4. The number of nitrogens with one attached hydrogen (secondary N) is 2. The normalized spacial score (nSPS) is 19.7. The van der Waals surface area contributed by atoms with Crippen molar-refractivity contribution in [2.24, 2.45) is 5.92 Å². The number of hydrogen-bond donors (Lipinski definition) is 2. The van der Waals surface area contributed by atoms with Crippen molar-refractivity contribution in [2.75, 3.05) is 31.1 Å². The third-order valence-electron chi connectivity index (χ3n) is 4.18. The predicted octanol–water partition coefficient (Wildman–Crippen LogP) is 0.773. The largest absolute Gasteiger partial charge is 0.366 e. The molecule has 1 aromatic rings. The van der Waals surface area contributed by atoms with Crippen LogP contribution >= 0.6 is 0 Å². The van der Waals surface area contributed by atoms with Crippen LogP contribution in [-0.4, -0.2) is 38.1 Å². The Morgan fingerprint density at radius 1 is 1.47 bits per heavy atom. The Morgan fingerprint density at radius 2 is 2.26 bits per heavy atom. The second-order valence-corrected chi connectivity index (χ2v) is 5.52. The highest BCUT2D eigenvalue weighted by molar-refractivity contribution is 5.80. The number of fused-ring (bicyclic) bond motifs is 1. The van der Waals surface area contributed by atoms with Gasteiger partial charge in [0.2, 0.25) is 5.91 Å². The van der Waals surface area contributed by atoms with E-state index < -0.39 is 0 Å². The molecule has 0 bridgehead atoms. The fourth-order valence-electron chi connectivity index (χ4n) is 2.80. The van der Waals surface area contributed by atoms with Crippen molar-refractivity contribution in [3.8, 4) is 0 Å². The van der Waals surface area contributed by atoms with E-state index in [-0.39, 0.29) is 11.8 Å². The number of benzene rings is 1. The average Bonchev–Trinajstić information content (AvgIpc) is 2.77. The number of carbonyl (C=O) groups excluding carboxylic acids is 1. The van der Waals surface area contributed by atoms with Gasteiger partial charge < -0.3 is 15.5 Å². The van der Waals surface area contributed by atoms with E-state index in [9.17, 15) is 4.79 Å². The standard InChI is InChI=1S/C15H21N3O/c1-11(8-17-15(19)13-9-16-10-13)18-7-6-12-4-2-3-5-14(12)18/h2-5,11,13,16H,6-10H2,1H3,(H,17,19). The van der Waals surface area contributed by atoms with E-state index in [2.05, 4.69) is 46.7 Å². The molecular weight excluding hydrogens is 238 g/mol. The topological polar surface area (TPSA) is 44.4 Å². The van der Waals surface area contributed by atoms with Crippen molar-refractivity contribution >= 4 is 11.6 Å². The van der Waals surface area contributed by atoms with E-state index in [1.165, 1.54) is 11.3 Å². The van der Waals surface area contributed by atoms with Crippen LogP contribution in [-0.2, 0) is 11.2 Å². The van der Waals surface area contributed by atoms with E-state index in [0.29, 0.717) is 6.04 Å². The number of hydrogen-bond acceptors (Lipinski definition) is 3. The van der Waals surface area contributed by atoms with Crippen LogP contribution in [0.1, 0.15) is 12.5 Å². The number of amides is 1. The summed E-state index contributed by atoms with van der Waals surface area (Å²) in [5.74, 6) is 0.371. The summed E-state index contributed by atoms with van der Waals surface area (Å²) in [6, 6.07) is 8.90. The molecule has 4 heteroatoms. The first-order valence-corrected chi connectivity index (χ1v) is 7.08. The molecule has 0 spiro atoms. The van der Waals surface area contributed by atoms with Crippen molar-refractivity contribution in [3.63, 3.8) is 0 Å². The lowest BCUT2D eigenvalue weighted by molar-refractivity contribution is -0.126. The van der Waals surface area contributed by atoms with Gasteiger partial charge >= 0.3 is 0 Å². The molecule has 0 radical (unpaired) electrons. The van der Waals surface area contributed by atoms with Gasteiger partial charge in [-0.3, -0.25) is 4.79 Å². The predicted molar refractivity (Wildman–Crippen MR) is 76.3 cm³/mol. The third-order valence-corrected chi connectivity index (χ3v) is 4.18. The summed E-state index contributed by atoms with van der Waals surface area (Å²) >= 11 is 0. The lowest BCUT2D eigenvalue weighted by Gasteiger charge is -2.30. The number of para-hydroxylation sites is 1. The molecule has 2 N–H and O–H groups in total. The minimum absolute atomic E-state index is 0.179. The van der Waals surface area contributed by atoms with E-state index in [1.807, 2.05) is 0 Å². The summed E-state index contributed by atoms with van der Waals surface area (Å²) in [6.45, 7) is 5.62. The van der Waals surface area contributed by atoms with E-state index in [1.54, 1.807) is 0 Å². The SMILES string of the molecule is CC(CNC(=O)C1CNC1)N1CCc2ccccc21. The summed E-state index contributed by atoms with van der Waals surface area (Å²) in [4.78, 5) is 14.2. The van der Waals surface area contributed by atoms with Crippen LogP contribution in [0.2, 0.25) is 0 Å². The van der Waals surface area contributed by atoms with Crippen molar-refractivity contribution in [3.05, 3.63) is 29.8 Å². The summed E-state index contributed by atoms with van der Waals surface area (Å²) in [6.07, 6.45) is 1.11. The average molecular weight is 259 g/mol. The maximum atomic E-state index is 11.8. The Bertz CT molecular complexity index is 470. The highest BCUT2D eigenvalue weighted by Gasteiger charge is 2.27. The van der Waals surface area contributed by atoms with Gasteiger partial charge in [-0.25, -0.2) is 0 Å². The molecule has 2 heterocycles. The van der Waals surface area contributed by atoms with Crippen LogP contribution in [0.25, 0.3) is 0 Å². The van der Waals surface area contributed by atoms with Gasteiger partial charge in [0.15, 0.2) is 0 Å². The van der Waals surface area contributed by atoms with Gasteiger partial charge in [-0.2, -0.15) is 0 Å². The molecule has 0 aromatic heterocycles. The Kier molecular flexibility index (Phi) is 3.42. The van der Waals surface area contributed by atoms with Crippen molar-refractivity contribution < 1.29 is 4.79 Å². The molecule has 1 fully saturated rings. The monoisotopic (exact) mass is 259 g/mol. The fourth-order valence-corrected chi connectivity index (χ4v) is 2.80. The van der Waals surface area contributed by atoms with Gasteiger partial charge in [0.25, 0.3) is 0 Å². The quantitative estimate of drug-likeness (QED) is 0.839. The Labute approximate surface area is 114 Å². The smallest absolute Gasteiger partial charge is 0.225 e. The summed E-state index contributed by atoms with van der Waals surface area (Å²) in [7, 11) is 0. The van der Waals surface area contributed by atoms with Gasteiger partial charge in [-0.15, -0.1) is 0 Å². The summed E-state index contributed by atoms with van der Waals surface area (Å²) < 4.78 is 0. The second-order valence-electron chi connectivity index (χ2n) is 5.52. The second kappa shape index (κ2) is 5.21. The van der Waals surface area contributed by atoms with Crippen LogP contribution in [0.3, 0.4) is 0 Å². The van der Waals surface area contributed by atoms with Crippen LogP contribution < -0.4 is 15.5 Å². The lowest BCUT2D eigenvalue weighted by atomic mass is 10.0. The molecule has 4 nitrogen and oxygen atoms in total. The molecule has 1 amide bonds. The molecule has 1 atom stereocenters. The van der Waals surface area contributed by atoms with Crippen LogP contribution in [0.15, 0.2) is 24.3 Å². The molecule has 102 valence electrons. The molecular formula is C15H21N3O. The van der Waals surface area contributed by atoms with E-state index in [4.69, 9.17) is 0 Å². The molecule has 19 heavy (non-hydrogen) atoms. The Morgan fingerprint density at radius 3 is 3.00 bits per heavy atom. The fraction of sp³-hybridized carbons (Fsp3) is 0.533. The number of anilines is 1.